The molecule has 8 aromatic heterocycles. The summed E-state index contributed by atoms with van der Waals surface area (Å²) in [5.41, 5.74) is 23.5. The summed E-state index contributed by atoms with van der Waals surface area (Å²) in [5.74, 6) is 2.94. The first-order valence-corrected chi connectivity index (χ1v) is 44.2. The number of nitrogens with zero attached hydrogens (tertiary/aromatic N) is 6. The highest BCUT2D eigenvalue weighted by Crippen LogP contribution is 2.48. The van der Waals surface area contributed by atoms with Crippen molar-refractivity contribution < 1.29 is 70.5 Å². The molecule has 0 saturated carbocycles. The quantitative estimate of drug-likeness (QED) is 0.0529. The zero-order valence-electron chi connectivity index (χ0n) is 73.4. The number of furan rings is 5. The summed E-state index contributed by atoms with van der Waals surface area (Å²) >= 11 is 0. The first kappa shape index (κ1) is 86.5. The van der Waals surface area contributed by atoms with Crippen molar-refractivity contribution in [1.29, 1.82) is 5.26 Å². The third-order valence-electron chi connectivity index (χ3n) is 24.5. The first-order chi connectivity index (χ1) is 68.7. The Morgan fingerprint density at radius 3 is 1.27 bits per heavy atom. The van der Waals surface area contributed by atoms with Crippen molar-refractivity contribution in [3.8, 4) is 108 Å². The number of rotatable bonds is 17. The van der Waals surface area contributed by atoms with Gasteiger partial charge < -0.3 is 75.0 Å². The van der Waals surface area contributed by atoms with E-state index in [0.717, 1.165) is 176 Å². The molecule has 21 nitrogen and oxygen atoms in total. The number of benzene rings is 18. The van der Waals surface area contributed by atoms with Crippen molar-refractivity contribution in [2.24, 2.45) is 0 Å². The second-order valence-electron chi connectivity index (χ2n) is 32.3. The standard InChI is InChI=1S/C28H17BN3O3.C24H16BO3.C22H14BO3.C20H12BN2O3.C19H11BNO3/c33-29-35-25-11-5-10-21-20-9-4-8-19(27(20)34-28(21)25)17-12-13-22-24(16-17)32(18-6-2-1-3-7-18)23-14-15-30-31-26(22)23;26-25-28-22-11-5-10-21-20-13-12-19(15-23(20)27-24(21)22)18-9-4-8-17(14-18)16-6-2-1-3-7-16;24-23-26-19-12-6-11-17-18-13-15-9-4-5-10-16(15)20(22(18)25-21(17)19)14-7-2-1-3-8-14;24-21-26-17-10-4-7-14-13-6-3-8-15(18(13)25-19(14)17)20-22-11-12-5-1-2-9-16(12)23-20;21-11-12-4-1-5-13(10-12)14-6-2-7-15-16-8-3-9-17(24-20-22)19(16)23-18(14)15/h1-16,33H;1-15,26H;1-13,24H;1-11,24H;1-10,22H. The van der Waals surface area contributed by atoms with E-state index in [1.54, 1.807) is 42.6 Å². The van der Waals surface area contributed by atoms with Gasteiger partial charge in [-0.15, -0.1) is 5.10 Å². The lowest BCUT2D eigenvalue weighted by atomic mass is 9.95. The summed E-state index contributed by atoms with van der Waals surface area (Å²) in [7, 11) is 3.30. The Labute approximate surface area is 794 Å². The van der Waals surface area contributed by atoms with Gasteiger partial charge in [-0.1, -0.05) is 273 Å². The maximum Gasteiger partial charge on any atom is 0.569 e. The zero-order chi connectivity index (χ0) is 93.8. The highest BCUT2D eigenvalue weighted by Gasteiger charge is 2.25. The molecule has 0 aliphatic heterocycles. The Morgan fingerprint density at radius 1 is 0.288 bits per heavy atom. The van der Waals surface area contributed by atoms with Crippen LogP contribution in [0.5, 0.6) is 28.7 Å². The Hall–Kier alpha value is -17.9. The van der Waals surface area contributed by atoms with Crippen LogP contribution in [0.1, 0.15) is 5.56 Å². The summed E-state index contributed by atoms with van der Waals surface area (Å²) in [4.78, 5) is 9.18. The summed E-state index contributed by atoms with van der Waals surface area (Å²) in [5, 5.41) is 76.7. The molecule has 5 N–H and O–H groups in total. The van der Waals surface area contributed by atoms with E-state index in [9.17, 15) is 0 Å². The largest absolute Gasteiger partial charge is 0.569 e. The molecule has 0 fully saturated rings. The maximum atomic E-state index is 9.17. The predicted molar refractivity (Wildman–Crippen MR) is 549 cm³/mol. The zero-order valence-corrected chi connectivity index (χ0v) is 73.4. The van der Waals surface area contributed by atoms with Gasteiger partial charge in [0, 0.05) is 93.2 Å². The third kappa shape index (κ3) is 16.4. The van der Waals surface area contributed by atoms with Gasteiger partial charge in [0.15, 0.2) is 33.7 Å². The Bertz CT molecular complexity index is 9190. The lowest BCUT2D eigenvalue weighted by Crippen LogP contribution is -1.99. The normalized spacial score (nSPS) is 11.2. The molecular weight excluding hydrogens is 1740 g/mol. The van der Waals surface area contributed by atoms with Crippen LogP contribution in [0.25, 0.3) is 226 Å². The molecule has 0 atom stereocenters. The SMILES string of the molecule is N#Cc1cccc(-c2cccc3c2oc2c(O[B]O)cccc23)c1.O[B]Oc1cccc2c1oc1c(-c3ccc4c5nnccc5n(-c5ccccc5)c4c3)cccc12.O[B]Oc1cccc2c1oc1c(-c3ccccc3)c3ccccc3cc12.O[B]Oc1cccc2c1oc1c(-c3ncc4ccccc4n3)cccc12.O[B]Oc1cccc2c1oc1cc(-c3cccc(-c4ccccc4)c3)ccc12. The molecule has 0 aliphatic rings. The van der Waals surface area contributed by atoms with Crippen LogP contribution in [0.15, 0.2) is 417 Å². The van der Waals surface area contributed by atoms with E-state index in [0.29, 0.717) is 112 Å². The second kappa shape index (κ2) is 38.2. The van der Waals surface area contributed by atoms with Crippen LogP contribution in [0.3, 0.4) is 0 Å². The molecule has 0 unspecified atom stereocenters. The minimum Gasteiger partial charge on any atom is -0.535 e. The fourth-order valence-corrected chi connectivity index (χ4v) is 18.3. The van der Waals surface area contributed by atoms with Crippen molar-refractivity contribution in [1.82, 2.24) is 24.7 Å². The van der Waals surface area contributed by atoms with E-state index >= 15 is 0 Å². The van der Waals surface area contributed by atoms with Gasteiger partial charge in [0.05, 0.1) is 39.9 Å². The maximum absolute atomic E-state index is 9.17. The van der Waals surface area contributed by atoms with E-state index in [1.165, 1.54) is 11.1 Å². The van der Waals surface area contributed by atoms with Crippen molar-refractivity contribution in [3.05, 3.63) is 400 Å². The molecule has 26 rings (SSSR count). The topological polar surface area (TPSA) is 293 Å². The van der Waals surface area contributed by atoms with Gasteiger partial charge >= 0.3 is 38.4 Å². The Morgan fingerprint density at radius 2 is 0.698 bits per heavy atom. The number of hydrogen-bond donors (Lipinski definition) is 5. The van der Waals surface area contributed by atoms with Gasteiger partial charge in [-0.2, -0.15) is 10.4 Å². The average Bonchev–Trinajstić information content (AvgIpc) is 1.58. The van der Waals surface area contributed by atoms with Crippen molar-refractivity contribution in [2.75, 3.05) is 0 Å². The Balaban J connectivity index is 0.000000101. The van der Waals surface area contributed by atoms with Gasteiger partial charge in [0.1, 0.15) is 62.2 Å². The minimum absolute atomic E-state index is 0.447. The summed E-state index contributed by atoms with van der Waals surface area (Å²) in [6, 6.07) is 128. The molecule has 0 saturated heterocycles. The Kier molecular flexibility index (Phi) is 23.8. The van der Waals surface area contributed by atoms with E-state index in [-0.39, 0.29) is 0 Å². The van der Waals surface area contributed by atoms with E-state index in [2.05, 4.69) is 146 Å². The molecule has 26 aromatic rings. The van der Waals surface area contributed by atoms with Crippen LogP contribution in [-0.2, 0) is 0 Å². The molecule has 139 heavy (non-hydrogen) atoms. The fourth-order valence-electron chi connectivity index (χ4n) is 18.3. The molecule has 0 bridgehead atoms. The van der Waals surface area contributed by atoms with Crippen molar-refractivity contribution in [3.63, 3.8) is 0 Å². The van der Waals surface area contributed by atoms with Crippen LogP contribution < -0.4 is 23.3 Å². The fraction of sp³-hybridized carbons (Fsp3) is 0. The first-order valence-electron chi connectivity index (χ1n) is 44.2. The minimum atomic E-state index is 0.447. The second-order valence-corrected chi connectivity index (χ2v) is 32.3. The number of hydrogen-bond acceptors (Lipinski definition) is 20. The lowest BCUT2D eigenvalue weighted by molar-refractivity contribution is 0.450. The van der Waals surface area contributed by atoms with Gasteiger partial charge in [-0.25, -0.2) is 9.97 Å². The monoisotopic (exact) mass is 1810 g/mol. The molecule has 0 aliphatic carbocycles. The molecular formula is C113H70B5N6O15. The number of nitriles is 1. The summed E-state index contributed by atoms with van der Waals surface area (Å²) in [6.07, 6.45) is 3.54. The van der Waals surface area contributed by atoms with Crippen LogP contribution in [-0.4, -0.2) is 88.3 Å². The smallest absolute Gasteiger partial charge is 0.535 e. The van der Waals surface area contributed by atoms with Gasteiger partial charge in [-0.05, 0) is 159 Å². The highest BCUT2D eigenvalue weighted by molar-refractivity contribution is 6.24. The molecule has 0 amide bonds. The third-order valence-corrected chi connectivity index (χ3v) is 24.5. The molecule has 5 radical (unpaired) electrons. The summed E-state index contributed by atoms with van der Waals surface area (Å²) in [6.45, 7) is 0. The van der Waals surface area contributed by atoms with Gasteiger partial charge in [0.25, 0.3) is 0 Å². The van der Waals surface area contributed by atoms with Crippen LogP contribution >= 0.6 is 0 Å². The number of para-hydroxylation sites is 10. The molecule has 18 aromatic carbocycles. The molecule has 0 spiro atoms. The van der Waals surface area contributed by atoms with Crippen LogP contribution in [0.2, 0.25) is 0 Å². The average molecular weight is 1810 g/mol. The van der Waals surface area contributed by atoms with E-state index < -0.39 is 0 Å². The van der Waals surface area contributed by atoms with Gasteiger partial charge in [-0.3, -0.25) is 0 Å². The van der Waals surface area contributed by atoms with Crippen LogP contribution in [0.4, 0.5) is 0 Å². The number of fused-ring (bicyclic) bond motifs is 20. The van der Waals surface area contributed by atoms with Crippen LogP contribution in [0, 0.1) is 11.3 Å². The molecule has 8 heterocycles. The molecule has 26 heteroatoms. The molecule has 657 valence electrons. The van der Waals surface area contributed by atoms with Crippen molar-refractivity contribution in [2.45, 2.75) is 0 Å². The lowest BCUT2D eigenvalue weighted by Gasteiger charge is -2.09. The van der Waals surface area contributed by atoms with E-state index in [1.807, 2.05) is 237 Å². The summed E-state index contributed by atoms with van der Waals surface area (Å²) < 4.78 is 59.0. The number of aromatic nitrogens is 5. The predicted octanol–water partition coefficient (Wildman–Crippen LogP) is 25.3. The van der Waals surface area contributed by atoms with Crippen molar-refractivity contribution >= 4 is 192 Å². The van der Waals surface area contributed by atoms with E-state index in [4.69, 9.17) is 75.7 Å². The highest BCUT2D eigenvalue weighted by atomic mass is 16.5. The van der Waals surface area contributed by atoms with Gasteiger partial charge in [0.2, 0.25) is 0 Å².